The van der Waals surface area contributed by atoms with Crippen molar-refractivity contribution >= 4 is 16.8 Å². The van der Waals surface area contributed by atoms with Gasteiger partial charge in [0.25, 0.3) is 11.5 Å². The monoisotopic (exact) mass is 476 g/mol. The van der Waals surface area contributed by atoms with Gasteiger partial charge in [0.2, 0.25) is 0 Å². The lowest BCUT2D eigenvalue weighted by molar-refractivity contribution is 0.0673. The van der Waals surface area contributed by atoms with Crippen molar-refractivity contribution in [2.45, 2.75) is 57.8 Å². The molecule has 0 spiro atoms. The molecule has 1 aromatic heterocycles. The van der Waals surface area contributed by atoms with E-state index in [0.717, 1.165) is 44.3 Å². The first kappa shape index (κ1) is 23.5. The molecule has 8 heteroatoms. The van der Waals surface area contributed by atoms with Crippen LogP contribution in [-0.2, 0) is 0 Å². The molecular weight excluding hydrogens is 444 g/mol. The summed E-state index contributed by atoms with van der Waals surface area (Å²) in [5, 5.41) is 13.1. The molecule has 5 rings (SSSR count). The molecule has 35 heavy (non-hydrogen) atoms. The van der Waals surface area contributed by atoms with Crippen molar-refractivity contribution in [2.75, 3.05) is 19.6 Å². The first-order chi connectivity index (χ1) is 16.9. The van der Waals surface area contributed by atoms with E-state index in [4.69, 9.17) is 4.74 Å². The van der Waals surface area contributed by atoms with E-state index in [1.807, 2.05) is 25.1 Å². The normalized spacial score (nSPS) is 17.9. The predicted molar refractivity (Wildman–Crippen MR) is 134 cm³/mol. The first-order valence-electron chi connectivity index (χ1n) is 12.4. The number of piperidine rings is 1. The minimum absolute atomic E-state index is 0.0699. The molecule has 2 aromatic carbocycles. The van der Waals surface area contributed by atoms with Crippen LogP contribution in [0, 0.1) is 6.92 Å². The number of fused-ring (bicyclic) bond motifs is 1. The number of β-amino-alcohol motifs (C(OH)–C–C–N with tert-alkyl or cyclic N) is 1. The third-order valence-corrected chi connectivity index (χ3v) is 6.73. The summed E-state index contributed by atoms with van der Waals surface area (Å²) < 4.78 is 7.72. The number of hydrogen-bond donors (Lipinski definition) is 2. The first-order valence-corrected chi connectivity index (χ1v) is 12.4. The number of carbonyl (C=O) groups is 1. The van der Waals surface area contributed by atoms with Crippen molar-refractivity contribution in [1.82, 2.24) is 19.8 Å². The number of aliphatic hydroxyl groups is 1. The van der Waals surface area contributed by atoms with Crippen molar-refractivity contribution in [3.05, 3.63) is 64.2 Å². The molecule has 1 saturated carbocycles. The van der Waals surface area contributed by atoms with Crippen molar-refractivity contribution in [3.8, 4) is 11.4 Å². The number of aliphatic hydroxyl groups excluding tert-OH is 1. The molecule has 2 heterocycles. The fourth-order valence-electron chi connectivity index (χ4n) is 4.63. The number of carbonyl (C=O) groups excluding carboxylic acids is 1. The number of hydrogen-bond acceptors (Lipinski definition) is 6. The zero-order valence-corrected chi connectivity index (χ0v) is 20.2. The molecular formula is C27H32N4O4. The van der Waals surface area contributed by atoms with Crippen LogP contribution in [0.15, 0.2) is 47.5 Å². The molecule has 0 unspecified atom stereocenters. The fraction of sp³-hybridized carbons (Fsp3) is 0.444. The Kier molecular flexibility index (Phi) is 6.58. The molecule has 2 fully saturated rings. The van der Waals surface area contributed by atoms with E-state index in [-0.39, 0.29) is 29.7 Å². The van der Waals surface area contributed by atoms with E-state index in [1.165, 1.54) is 10.9 Å². The highest BCUT2D eigenvalue weighted by molar-refractivity contribution is 5.95. The molecule has 1 atom stereocenters. The van der Waals surface area contributed by atoms with Crippen molar-refractivity contribution in [3.63, 3.8) is 0 Å². The summed E-state index contributed by atoms with van der Waals surface area (Å²) in [6, 6.07) is 11.1. The molecule has 3 aromatic rings. The van der Waals surface area contributed by atoms with Crippen LogP contribution in [0.5, 0.6) is 5.75 Å². The van der Waals surface area contributed by atoms with Gasteiger partial charge >= 0.3 is 0 Å². The summed E-state index contributed by atoms with van der Waals surface area (Å²) >= 11 is 0. The maximum atomic E-state index is 13.5. The fourth-order valence-corrected chi connectivity index (χ4v) is 4.63. The van der Waals surface area contributed by atoms with Crippen LogP contribution in [0.3, 0.4) is 0 Å². The number of amides is 1. The largest absolute Gasteiger partial charge is 0.490 e. The molecule has 2 N–H and O–H groups in total. The standard InChI is InChI=1S/C27H32N4O4/c1-17-3-4-19(26(33)29-20-5-6-20)13-25(17)31-16-28-24-8-7-22(14-23(24)27(31)34)35-21-9-11-30(12-10-21)15-18(2)32/h3-4,7-8,13-14,16,18,20-21,32H,5-6,9-12,15H2,1-2H3,(H,29,33)/t18-/m0/s1. The zero-order valence-electron chi connectivity index (χ0n) is 20.2. The second kappa shape index (κ2) is 9.79. The van der Waals surface area contributed by atoms with Gasteiger partial charge in [-0.05, 0) is 75.4 Å². The Hall–Kier alpha value is -3.23. The quantitative estimate of drug-likeness (QED) is 0.544. The Morgan fingerprint density at radius 1 is 1.17 bits per heavy atom. The van der Waals surface area contributed by atoms with Crippen LogP contribution >= 0.6 is 0 Å². The van der Waals surface area contributed by atoms with Crippen LogP contribution in [0.2, 0.25) is 0 Å². The van der Waals surface area contributed by atoms with Crippen LogP contribution in [0.25, 0.3) is 16.6 Å². The van der Waals surface area contributed by atoms with Gasteiger partial charge in [-0.25, -0.2) is 4.98 Å². The topological polar surface area (TPSA) is 96.7 Å². The highest BCUT2D eigenvalue weighted by atomic mass is 16.5. The highest BCUT2D eigenvalue weighted by Gasteiger charge is 2.24. The van der Waals surface area contributed by atoms with Crippen molar-refractivity contribution in [2.24, 2.45) is 0 Å². The average Bonchev–Trinajstić information content (AvgIpc) is 3.65. The van der Waals surface area contributed by atoms with Gasteiger partial charge in [0.15, 0.2) is 0 Å². The number of nitrogens with one attached hydrogen (secondary N) is 1. The van der Waals surface area contributed by atoms with E-state index in [9.17, 15) is 14.7 Å². The van der Waals surface area contributed by atoms with E-state index >= 15 is 0 Å². The van der Waals surface area contributed by atoms with Gasteiger partial charge in [-0.1, -0.05) is 6.07 Å². The SMILES string of the molecule is Cc1ccc(C(=O)NC2CC2)cc1-n1cnc2ccc(OC3CCN(C[C@H](C)O)CC3)cc2c1=O. The van der Waals surface area contributed by atoms with Gasteiger partial charge in [-0.3, -0.25) is 14.2 Å². The van der Waals surface area contributed by atoms with Gasteiger partial charge in [0, 0.05) is 31.2 Å². The lowest BCUT2D eigenvalue weighted by atomic mass is 10.1. The summed E-state index contributed by atoms with van der Waals surface area (Å²) in [4.78, 5) is 32.8. The number of nitrogens with zero attached hydrogens (tertiary/aromatic N) is 3. The van der Waals surface area contributed by atoms with Crippen LogP contribution in [-0.4, -0.2) is 63.3 Å². The highest BCUT2D eigenvalue weighted by Crippen LogP contribution is 2.24. The lowest BCUT2D eigenvalue weighted by Gasteiger charge is -2.32. The predicted octanol–water partition coefficient (Wildman–Crippen LogP) is 2.81. The minimum atomic E-state index is -0.334. The Balaban J connectivity index is 1.38. The summed E-state index contributed by atoms with van der Waals surface area (Å²) in [5.41, 5.74) is 2.46. The maximum absolute atomic E-state index is 13.5. The summed E-state index contributed by atoms with van der Waals surface area (Å²) in [5.74, 6) is 0.531. The van der Waals surface area contributed by atoms with Gasteiger partial charge in [-0.15, -0.1) is 0 Å². The molecule has 1 aliphatic heterocycles. The number of rotatable bonds is 7. The average molecular weight is 477 g/mol. The number of aromatic nitrogens is 2. The van der Waals surface area contributed by atoms with E-state index < -0.39 is 0 Å². The summed E-state index contributed by atoms with van der Waals surface area (Å²) in [7, 11) is 0. The molecule has 0 radical (unpaired) electrons. The van der Waals surface area contributed by atoms with Crippen molar-refractivity contribution in [1.29, 1.82) is 0 Å². The Bertz CT molecular complexity index is 1290. The second-order valence-corrected chi connectivity index (χ2v) is 9.81. The van der Waals surface area contributed by atoms with E-state index in [2.05, 4.69) is 15.2 Å². The molecule has 1 saturated heterocycles. The van der Waals surface area contributed by atoms with Gasteiger partial charge in [-0.2, -0.15) is 0 Å². The van der Waals surface area contributed by atoms with Gasteiger partial charge in [0.1, 0.15) is 18.2 Å². The number of likely N-dealkylation sites (tertiary alicyclic amines) is 1. The lowest BCUT2D eigenvalue weighted by Crippen LogP contribution is -2.41. The minimum Gasteiger partial charge on any atom is -0.490 e. The van der Waals surface area contributed by atoms with Crippen LogP contribution < -0.4 is 15.6 Å². The van der Waals surface area contributed by atoms with Crippen LogP contribution in [0.4, 0.5) is 0 Å². The van der Waals surface area contributed by atoms with Crippen LogP contribution in [0.1, 0.15) is 48.5 Å². The number of aryl methyl sites for hydroxylation is 1. The van der Waals surface area contributed by atoms with Crippen molar-refractivity contribution < 1.29 is 14.6 Å². The third kappa shape index (κ3) is 5.39. The Morgan fingerprint density at radius 2 is 1.94 bits per heavy atom. The molecule has 0 bridgehead atoms. The number of benzene rings is 2. The van der Waals surface area contributed by atoms with E-state index in [0.29, 0.717) is 34.4 Å². The third-order valence-electron chi connectivity index (χ3n) is 6.73. The van der Waals surface area contributed by atoms with E-state index in [1.54, 1.807) is 25.1 Å². The Labute approximate surface area is 204 Å². The molecule has 8 nitrogen and oxygen atoms in total. The second-order valence-electron chi connectivity index (χ2n) is 9.81. The smallest absolute Gasteiger partial charge is 0.265 e. The zero-order chi connectivity index (χ0) is 24.5. The number of ether oxygens (including phenoxy) is 1. The molecule has 2 aliphatic rings. The Morgan fingerprint density at radius 3 is 2.66 bits per heavy atom. The maximum Gasteiger partial charge on any atom is 0.265 e. The van der Waals surface area contributed by atoms with Gasteiger partial charge in [0.05, 0.1) is 22.7 Å². The summed E-state index contributed by atoms with van der Waals surface area (Å²) in [6.45, 7) is 6.15. The van der Waals surface area contributed by atoms with Gasteiger partial charge < -0.3 is 20.1 Å². The molecule has 1 aliphatic carbocycles. The molecule has 184 valence electrons. The molecule has 1 amide bonds. The summed E-state index contributed by atoms with van der Waals surface area (Å²) in [6.07, 6.45) is 5.04.